The largest absolute Gasteiger partial charge is 0.377 e. The Kier molecular flexibility index (Phi) is 3.85. The predicted molar refractivity (Wildman–Crippen MR) is 72.9 cm³/mol. The second kappa shape index (κ2) is 5.79. The van der Waals surface area contributed by atoms with E-state index < -0.39 is 6.04 Å². The molecule has 3 heterocycles. The SMILES string of the molecule is Cc1noc([C@H]2COCCN2C(=O)c2ccncc2Cl)n1. The summed E-state index contributed by atoms with van der Waals surface area (Å²) in [6, 6.07) is 1.19. The number of pyridine rings is 1. The molecule has 0 unspecified atom stereocenters. The smallest absolute Gasteiger partial charge is 0.256 e. The first-order valence-electron chi connectivity index (χ1n) is 6.45. The molecule has 21 heavy (non-hydrogen) atoms. The fourth-order valence-corrected chi connectivity index (χ4v) is 2.40. The minimum absolute atomic E-state index is 0.202. The zero-order valence-electron chi connectivity index (χ0n) is 11.3. The zero-order valence-corrected chi connectivity index (χ0v) is 12.1. The highest BCUT2D eigenvalue weighted by molar-refractivity contribution is 6.33. The Morgan fingerprint density at radius 1 is 1.52 bits per heavy atom. The van der Waals surface area contributed by atoms with E-state index in [1.54, 1.807) is 17.9 Å². The first-order valence-corrected chi connectivity index (χ1v) is 6.83. The maximum atomic E-state index is 12.7. The fraction of sp³-hybridized carbons (Fsp3) is 0.385. The minimum atomic E-state index is -0.406. The number of hydrogen-bond acceptors (Lipinski definition) is 6. The molecular weight excluding hydrogens is 296 g/mol. The number of morpholine rings is 1. The van der Waals surface area contributed by atoms with E-state index >= 15 is 0 Å². The summed E-state index contributed by atoms with van der Waals surface area (Å²) in [7, 11) is 0. The molecule has 0 aliphatic carbocycles. The number of amides is 1. The Morgan fingerprint density at radius 2 is 2.38 bits per heavy atom. The van der Waals surface area contributed by atoms with E-state index in [-0.39, 0.29) is 5.91 Å². The van der Waals surface area contributed by atoms with Crippen LogP contribution in [0.1, 0.15) is 28.1 Å². The van der Waals surface area contributed by atoms with Crippen LogP contribution in [0, 0.1) is 6.92 Å². The maximum Gasteiger partial charge on any atom is 0.256 e. The van der Waals surface area contributed by atoms with Gasteiger partial charge in [0.25, 0.3) is 11.8 Å². The molecule has 0 bridgehead atoms. The third-order valence-corrected chi connectivity index (χ3v) is 3.52. The van der Waals surface area contributed by atoms with E-state index in [0.717, 1.165) is 0 Å². The Balaban J connectivity index is 1.91. The lowest BCUT2D eigenvalue weighted by molar-refractivity contribution is -0.0119. The van der Waals surface area contributed by atoms with Crippen molar-refractivity contribution < 1.29 is 14.1 Å². The topological polar surface area (TPSA) is 81.4 Å². The van der Waals surface area contributed by atoms with Gasteiger partial charge in [0.05, 0.1) is 23.8 Å². The standard InChI is InChI=1S/C13H13ClN4O3/c1-8-16-12(21-17-8)11-7-20-5-4-18(11)13(19)9-2-3-15-6-10(9)14/h2-3,6,11H,4-5,7H2,1H3/t11-/m1/s1. The van der Waals surface area contributed by atoms with Gasteiger partial charge in [-0.25, -0.2) is 0 Å². The summed E-state index contributed by atoms with van der Waals surface area (Å²) < 4.78 is 10.6. The van der Waals surface area contributed by atoms with Crippen molar-refractivity contribution in [2.75, 3.05) is 19.8 Å². The van der Waals surface area contributed by atoms with E-state index in [4.69, 9.17) is 20.9 Å². The predicted octanol–water partition coefficient (Wildman–Crippen LogP) is 1.64. The lowest BCUT2D eigenvalue weighted by Gasteiger charge is -2.33. The summed E-state index contributed by atoms with van der Waals surface area (Å²) in [6.45, 7) is 2.93. The molecule has 0 spiro atoms. The Hall–Kier alpha value is -1.99. The van der Waals surface area contributed by atoms with Gasteiger partial charge in [-0.1, -0.05) is 16.8 Å². The summed E-state index contributed by atoms with van der Waals surface area (Å²) in [5.74, 6) is 0.683. The molecule has 1 amide bonds. The van der Waals surface area contributed by atoms with Crippen molar-refractivity contribution in [2.45, 2.75) is 13.0 Å². The average molecular weight is 309 g/mol. The molecule has 2 aromatic rings. The van der Waals surface area contributed by atoms with Gasteiger partial charge in [0.1, 0.15) is 6.04 Å². The van der Waals surface area contributed by atoms with Crippen molar-refractivity contribution in [3.63, 3.8) is 0 Å². The van der Waals surface area contributed by atoms with Crippen molar-refractivity contribution in [3.8, 4) is 0 Å². The van der Waals surface area contributed by atoms with Gasteiger partial charge in [-0.15, -0.1) is 0 Å². The van der Waals surface area contributed by atoms with Gasteiger partial charge in [0.2, 0.25) is 0 Å². The summed E-state index contributed by atoms with van der Waals surface area (Å²) in [6.07, 6.45) is 2.98. The van der Waals surface area contributed by atoms with Crippen molar-refractivity contribution in [2.24, 2.45) is 0 Å². The summed E-state index contributed by atoms with van der Waals surface area (Å²) in [4.78, 5) is 22.4. The monoisotopic (exact) mass is 308 g/mol. The molecule has 1 aliphatic heterocycles. The molecular formula is C13H13ClN4O3. The molecule has 0 radical (unpaired) electrons. The number of aromatic nitrogens is 3. The molecule has 0 N–H and O–H groups in total. The van der Waals surface area contributed by atoms with E-state index in [1.165, 1.54) is 12.4 Å². The molecule has 3 rings (SSSR count). The number of ether oxygens (including phenoxy) is 1. The number of hydrogen-bond donors (Lipinski definition) is 0. The van der Waals surface area contributed by atoms with E-state index in [2.05, 4.69) is 15.1 Å². The molecule has 0 saturated carbocycles. The number of carbonyl (C=O) groups is 1. The highest BCUT2D eigenvalue weighted by atomic mass is 35.5. The molecule has 8 heteroatoms. The van der Waals surface area contributed by atoms with Crippen LogP contribution >= 0.6 is 11.6 Å². The van der Waals surface area contributed by atoms with Gasteiger partial charge in [0, 0.05) is 18.9 Å². The molecule has 1 atom stereocenters. The van der Waals surface area contributed by atoms with Crippen molar-refractivity contribution in [1.29, 1.82) is 0 Å². The number of nitrogens with zero attached hydrogens (tertiary/aromatic N) is 4. The lowest BCUT2D eigenvalue weighted by Crippen LogP contribution is -2.43. The summed E-state index contributed by atoms with van der Waals surface area (Å²) >= 11 is 6.04. The molecule has 2 aromatic heterocycles. The third-order valence-electron chi connectivity index (χ3n) is 3.22. The van der Waals surface area contributed by atoms with Crippen LogP contribution in [0.5, 0.6) is 0 Å². The van der Waals surface area contributed by atoms with Crippen LogP contribution < -0.4 is 0 Å². The third kappa shape index (κ3) is 2.74. The quantitative estimate of drug-likeness (QED) is 0.839. The highest BCUT2D eigenvalue weighted by Crippen LogP contribution is 2.26. The van der Waals surface area contributed by atoms with Crippen molar-refractivity contribution in [3.05, 3.63) is 40.8 Å². The first-order chi connectivity index (χ1) is 10.2. The van der Waals surface area contributed by atoms with Crippen LogP contribution in [0.3, 0.4) is 0 Å². The van der Waals surface area contributed by atoms with Gasteiger partial charge in [-0.3, -0.25) is 9.78 Å². The normalized spacial score (nSPS) is 18.8. The van der Waals surface area contributed by atoms with Crippen molar-refractivity contribution >= 4 is 17.5 Å². The molecule has 1 fully saturated rings. The van der Waals surface area contributed by atoms with Crippen LogP contribution in [0.25, 0.3) is 0 Å². The summed E-state index contributed by atoms with van der Waals surface area (Å²) in [5.41, 5.74) is 0.398. The van der Waals surface area contributed by atoms with E-state index in [9.17, 15) is 4.79 Å². The second-order valence-electron chi connectivity index (χ2n) is 4.62. The number of aryl methyl sites for hydroxylation is 1. The van der Waals surface area contributed by atoms with Crippen LogP contribution in [-0.4, -0.2) is 45.7 Å². The number of halogens is 1. The number of rotatable bonds is 2. The number of carbonyl (C=O) groups excluding carboxylic acids is 1. The van der Waals surface area contributed by atoms with Gasteiger partial charge >= 0.3 is 0 Å². The molecule has 110 valence electrons. The second-order valence-corrected chi connectivity index (χ2v) is 5.03. The summed E-state index contributed by atoms with van der Waals surface area (Å²) in [5, 5.41) is 4.07. The van der Waals surface area contributed by atoms with Crippen molar-refractivity contribution in [1.82, 2.24) is 20.0 Å². The van der Waals surface area contributed by atoms with Crippen LogP contribution in [0.15, 0.2) is 23.0 Å². The van der Waals surface area contributed by atoms with Gasteiger partial charge in [-0.2, -0.15) is 4.98 Å². The molecule has 1 saturated heterocycles. The van der Waals surface area contributed by atoms with Gasteiger partial charge < -0.3 is 14.2 Å². The highest BCUT2D eigenvalue weighted by Gasteiger charge is 2.33. The van der Waals surface area contributed by atoms with E-state index in [0.29, 0.717) is 42.1 Å². The average Bonchev–Trinajstić information content (AvgIpc) is 2.93. The lowest BCUT2D eigenvalue weighted by atomic mass is 10.1. The first kappa shape index (κ1) is 14.0. The Morgan fingerprint density at radius 3 is 3.10 bits per heavy atom. The molecule has 1 aliphatic rings. The van der Waals surface area contributed by atoms with Gasteiger partial charge in [-0.05, 0) is 13.0 Å². The maximum absolute atomic E-state index is 12.7. The zero-order chi connectivity index (χ0) is 14.8. The Bertz CT molecular complexity index is 660. The fourth-order valence-electron chi connectivity index (χ4n) is 2.20. The minimum Gasteiger partial charge on any atom is -0.377 e. The molecule has 7 nitrogen and oxygen atoms in total. The van der Waals surface area contributed by atoms with E-state index in [1.807, 2.05) is 0 Å². The van der Waals surface area contributed by atoms with Crippen LogP contribution in [0.4, 0.5) is 0 Å². The Labute approximate surface area is 125 Å². The van der Waals surface area contributed by atoms with Gasteiger partial charge in [0.15, 0.2) is 5.82 Å². The molecule has 0 aromatic carbocycles. The van der Waals surface area contributed by atoms with Crippen LogP contribution in [0.2, 0.25) is 5.02 Å². The van der Waals surface area contributed by atoms with Crippen LogP contribution in [-0.2, 0) is 4.74 Å².